The molecule has 4 fully saturated rings. The van der Waals surface area contributed by atoms with Gasteiger partial charge in [0.05, 0.1) is 0 Å². The first-order chi connectivity index (χ1) is 21.9. The third-order valence-electron chi connectivity index (χ3n) is 8.40. The highest BCUT2D eigenvalue weighted by Crippen LogP contribution is 2.23. The third-order valence-corrected chi connectivity index (χ3v) is 8.40. The molecule has 24 N–H and O–H groups in total. The van der Waals surface area contributed by atoms with E-state index in [9.17, 15) is 0 Å². The predicted octanol–water partition coefficient (Wildman–Crippen LogP) is -15.3. The smallest absolute Gasteiger partial charge is 0.111 e. The van der Waals surface area contributed by atoms with E-state index < -0.39 is 146 Å². The molecule has 24 heteroatoms. The molecule has 288 valence electrons. The quantitative estimate of drug-likeness (QED) is 0.110. The monoisotopic (exact) mass is 720 g/mol. The summed E-state index contributed by atoms with van der Waals surface area (Å²) < 4.78 is 0. The van der Waals surface area contributed by atoms with Crippen LogP contribution in [0.2, 0.25) is 0 Å². The van der Waals surface area contributed by atoms with Crippen LogP contribution in [0.1, 0.15) is 0 Å². The Balaban J connectivity index is 0.000000320. The van der Waals surface area contributed by atoms with Crippen molar-refractivity contribution >= 4 is 0 Å². The number of hydrogen-bond acceptors (Lipinski definition) is 24. The minimum absolute atomic E-state index is 1.64. The molecule has 4 rings (SSSR count). The Morgan fingerprint density at radius 2 is 0.104 bits per heavy atom. The molecule has 4 saturated carbocycles. The van der Waals surface area contributed by atoms with Crippen molar-refractivity contribution in [3.8, 4) is 0 Å². The summed E-state index contributed by atoms with van der Waals surface area (Å²) >= 11 is 0. The van der Waals surface area contributed by atoms with E-state index in [2.05, 4.69) is 0 Å². The second kappa shape index (κ2) is 18.5. The maximum absolute atomic E-state index is 8.97. The van der Waals surface area contributed by atoms with E-state index in [0.29, 0.717) is 0 Å². The lowest BCUT2D eigenvalue weighted by molar-refractivity contribution is -0.223. The van der Waals surface area contributed by atoms with Crippen LogP contribution < -0.4 is 0 Å². The fraction of sp³-hybridized carbons (Fsp3) is 1.00. The van der Waals surface area contributed by atoms with E-state index in [1.54, 1.807) is 0 Å². The van der Waals surface area contributed by atoms with Gasteiger partial charge < -0.3 is 123 Å². The Morgan fingerprint density at radius 3 is 0.125 bits per heavy atom. The van der Waals surface area contributed by atoms with Gasteiger partial charge in [-0.15, -0.1) is 0 Å². The first-order valence-corrected chi connectivity index (χ1v) is 14.2. The van der Waals surface area contributed by atoms with Crippen molar-refractivity contribution < 1.29 is 123 Å². The molecule has 0 aliphatic heterocycles. The molecule has 24 nitrogen and oxygen atoms in total. The van der Waals surface area contributed by atoms with Gasteiger partial charge in [0, 0.05) is 0 Å². The second-order valence-electron chi connectivity index (χ2n) is 11.8. The van der Waals surface area contributed by atoms with E-state index in [1.807, 2.05) is 0 Å². The maximum atomic E-state index is 8.97. The van der Waals surface area contributed by atoms with Gasteiger partial charge in [-0.05, 0) is 0 Å². The Morgan fingerprint density at radius 1 is 0.0833 bits per heavy atom. The first kappa shape index (κ1) is 45.1. The Kier molecular flexibility index (Phi) is 17.4. The van der Waals surface area contributed by atoms with Gasteiger partial charge in [-0.1, -0.05) is 0 Å². The summed E-state index contributed by atoms with van der Waals surface area (Å²) in [6, 6.07) is 0. The van der Waals surface area contributed by atoms with Crippen LogP contribution in [0.25, 0.3) is 0 Å². The highest BCUT2D eigenvalue weighted by Gasteiger charge is 2.50. The van der Waals surface area contributed by atoms with Crippen LogP contribution in [0.15, 0.2) is 0 Å². The fourth-order valence-electron chi connectivity index (χ4n) is 4.85. The fourth-order valence-corrected chi connectivity index (χ4v) is 4.85. The molecule has 0 heterocycles. The minimum Gasteiger partial charge on any atom is -0.387 e. The first-order valence-electron chi connectivity index (χ1n) is 14.2. The van der Waals surface area contributed by atoms with E-state index in [0.717, 1.165) is 0 Å². The molecule has 48 heavy (non-hydrogen) atoms. The molecule has 0 bridgehead atoms. The summed E-state index contributed by atoms with van der Waals surface area (Å²) in [6.07, 6.45) is -39.4. The van der Waals surface area contributed by atoms with Crippen LogP contribution in [-0.2, 0) is 0 Å². The van der Waals surface area contributed by atoms with Gasteiger partial charge in [-0.25, -0.2) is 0 Å². The Bertz CT molecular complexity index is 558. The molecule has 0 saturated heterocycles. The number of aliphatic hydroxyl groups is 24. The number of aliphatic hydroxyl groups excluding tert-OH is 24. The van der Waals surface area contributed by atoms with E-state index >= 15 is 0 Å². The molecule has 0 atom stereocenters. The van der Waals surface area contributed by atoms with E-state index in [1.165, 1.54) is 0 Å². The van der Waals surface area contributed by atoms with E-state index in [-0.39, 0.29) is 0 Å². The molecule has 0 aromatic rings. The van der Waals surface area contributed by atoms with Crippen LogP contribution in [0.4, 0.5) is 0 Å². The summed E-state index contributed by atoms with van der Waals surface area (Å²) in [5.74, 6) is 0. The lowest BCUT2D eigenvalue weighted by Crippen LogP contribution is -2.63. The maximum Gasteiger partial charge on any atom is 0.111 e. The SMILES string of the molecule is O[C@H]1[C@H](O)[C@@H](O)[C@@H](O)[C@H](O)[C@H]1O.O[C@H]1[C@H](O)[C@@H](O)[C@H](O)[C@@H](O)[C@@H]1O.O[C@H]1[C@H](O)[C@H](O)[C@@H](O)[C@@H](O)[C@H]1O.O[C@H]1[C@H](O)[C@H](O)[C@H](O)[C@@H](O)[C@H]1O. The van der Waals surface area contributed by atoms with Crippen molar-refractivity contribution in [2.45, 2.75) is 146 Å². The van der Waals surface area contributed by atoms with Crippen LogP contribution in [-0.4, -0.2) is 269 Å². The second-order valence-corrected chi connectivity index (χ2v) is 11.8. The van der Waals surface area contributed by atoms with Crippen LogP contribution in [0.3, 0.4) is 0 Å². The van der Waals surface area contributed by atoms with Gasteiger partial charge in [-0.2, -0.15) is 0 Å². The molecule has 4 aliphatic rings. The Hall–Kier alpha value is -0.960. The molecular formula is C24H48O24. The average Bonchev–Trinajstić information content (AvgIpc) is 3.08. The van der Waals surface area contributed by atoms with Crippen molar-refractivity contribution in [2.75, 3.05) is 0 Å². The molecule has 0 radical (unpaired) electrons. The minimum atomic E-state index is -1.64. The summed E-state index contributed by atoms with van der Waals surface area (Å²) in [5.41, 5.74) is 0. The van der Waals surface area contributed by atoms with Gasteiger partial charge in [0.1, 0.15) is 146 Å². The number of rotatable bonds is 0. The standard InChI is InChI=1S/4C6H12O6/c4*7-1-2(8)4(10)6(12)5(11)3(1)9/h4*1-12H/t1-,2-,3+,4+,5-,6-;1-,2-,3-,4+,5+,6+;1-,2-,3-,4-,5-,6+;1-,2-,3-,4-,5-,6-. The molecule has 0 aromatic carbocycles. The van der Waals surface area contributed by atoms with Gasteiger partial charge in [0.15, 0.2) is 0 Å². The predicted molar refractivity (Wildman–Crippen MR) is 144 cm³/mol. The van der Waals surface area contributed by atoms with Crippen molar-refractivity contribution in [1.82, 2.24) is 0 Å². The van der Waals surface area contributed by atoms with Gasteiger partial charge in [0.25, 0.3) is 0 Å². The average molecular weight is 721 g/mol. The summed E-state index contributed by atoms with van der Waals surface area (Å²) in [6.45, 7) is 0. The van der Waals surface area contributed by atoms with E-state index in [4.69, 9.17) is 123 Å². The Labute approximate surface area is 269 Å². The zero-order valence-corrected chi connectivity index (χ0v) is 24.6. The molecule has 0 unspecified atom stereocenters. The summed E-state index contributed by atoms with van der Waals surface area (Å²) in [5, 5.41) is 215. The zero-order chi connectivity index (χ0) is 37.9. The highest BCUT2D eigenvalue weighted by molar-refractivity contribution is 5.00. The zero-order valence-electron chi connectivity index (χ0n) is 24.6. The van der Waals surface area contributed by atoms with Crippen molar-refractivity contribution in [3.63, 3.8) is 0 Å². The summed E-state index contributed by atoms with van der Waals surface area (Å²) in [4.78, 5) is 0. The van der Waals surface area contributed by atoms with Crippen LogP contribution in [0, 0.1) is 0 Å². The summed E-state index contributed by atoms with van der Waals surface area (Å²) in [7, 11) is 0. The van der Waals surface area contributed by atoms with Crippen molar-refractivity contribution in [1.29, 1.82) is 0 Å². The molecule has 0 amide bonds. The van der Waals surface area contributed by atoms with Gasteiger partial charge in [-0.3, -0.25) is 0 Å². The lowest BCUT2D eigenvalue weighted by Gasteiger charge is -2.39. The van der Waals surface area contributed by atoms with Gasteiger partial charge in [0.2, 0.25) is 0 Å². The normalized spacial score (nSPS) is 55.5. The topological polar surface area (TPSA) is 486 Å². The largest absolute Gasteiger partial charge is 0.387 e. The van der Waals surface area contributed by atoms with Crippen LogP contribution in [0.5, 0.6) is 0 Å². The van der Waals surface area contributed by atoms with Gasteiger partial charge >= 0.3 is 0 Å². The third kappa shape index (κ3) is 9.67. The molecule has 0 aromatic heterocycles. The molecular weight excluding hydrogens is 672 g/mol. The van der Waals surface area contributed by atoms with Crippen LogP contribution >= 0.6 is 0 Å². The molecule has 0 spiro atoms. The lowest BCUT2D eigenvalue weighted by atomic mass is 9.85. The number of hydrogen-bond donors (Lipinski definition) is 24. The van der Waals surface area contributed by atoms with Crippen molar-refractivity contribution in [2.24, 2.45) is 0 Å². The highest BCUT2D eigenvalue weighted by atomic mass is 16.5. The molecule has 4 aliphatic carbocycles. The van der Waals surface area contributed by atoms with Crippen molar-refractivity contribution in [3.05, 3.63) is 0 Å².